The summed E-state index contributed by atoms with van der Waals surface area (Å²) in [6, 6.07) is 3.26. The van der Waals surface area contributed by atoms with Crippen molar-refractivity contribution < 1.29 is 19.4 Å². The number of hydrogen-bond acceptors (Lipinski definition) is 4. The Bertz CT molecular complexity index is 699. The van der Waals surface area contributed by atoms with Crippen LogP contribution in [0.3, 0.4) is 0 Å². The Balaban J connectivity index is 1.52. The Morgan fingerprint density at radius 2 is 2.08 bits per heavy atom. The number of phenolic OH excluding ortho intramolecular Hbond substituents is 1. The van der Waals surface area contributed by atoms with E-state index >= 15 is 0 Å². The summed E-state index contributed by atoms with van der Waals surface area (Å²) in [5.41, 5.74) is 0.682. The molecule has 0 bridgehead atoms. The van der Waals surface area contributed by atoms with Crippen molar-refractivity contribution >= 4 is 5.91 Å². The van der Waals surface area contributed by atoms with Gasteiger partial charge in [-0.15, -0.1) is 0 Å². The number of phenols is 1. The van der Waals surface area contributed by atoms with E-state index in [4.69, 9.17) is 0 Å². The quantitative estimate of drug-likeness (QED) is 0.679. The molecule has 26 heavy (non-hydrogen) atoms. The number of halogens is 1. The molecule has 3 N–H and O–H groups in total. The monoisotopic (exact) mass is 362 g/mol. The molecule has 142 valence electrons. The number of nitrogens with zero attached hydrogens (tertiary/aromatic N) is 1. The molecule has 0 spiro atoms. The van der Waals surface area contributed by atoms with Gasteiger partial charge in [0.2, 0.25) is 0 Å². The van der Waals surface area contributed by atoms with E-state index in [1.165, 1.54) is 6.07 Å². The van der Waals surface area contributed by atoms with Gasteiger partial charge in [-0.1, -0.05) is 12.6 Å². The number of benzene rings is 1. The second-order valence-electron chi connectivity index (χ2n) is 7.64. The number of aliphatic hydroxyl groups excluding tert-OH is 1. The zero-order valence-electron chi connectivity index (χ0n) is 15.2. The lowest BCUT2D eigenvalue weighted by molar-refractivity contribution is 0.0721. The Morgan fingerprint density at radius 1 is 1.38 bits per heavy atom. The standard InChI is InChI=1S/C20H27FN2O3/c1-12(24)9-22-13(2)15-5-3-14(4-6-15)10-23-11-16-7-8-17(25)19(21)18(16)20(23)26/h7-8,13-15,22,24-25H,1,3-6,9-11H2,2H3. The second kappa shape index (κ2) is 7.66. The van der Waals surface area contributed by atoms with Crippen molar-refractivity contribution in [2.45, 2.75) is 45.2 Å². The maximum atomic E-state index is 14.0. The van der Waals surface area contributed by atoms with Gasteiger partial charge in [-0.3, -0.25) is 4.79 Å². The molecule has 1 aromatic carbocycles. The van der Waals surface area contributed by atoms with E-state index in [0.717, 1.165) is 25.7 Å². The summed E-state index contributed by atoms with van der Waals surface area (Å²) in [5, 5.41) is 22.0. The average Bonchev–Trinajstić information content (AvgIpc) is 2.93. The highest BCUT2D eigenvalue weighted by molar-refractivity contribution is 5.99. The Kier molecular flexibility index (Phi) is 5.51. The minimum Gasteiger partial charge on any atom is -0.512 e. The maximum Gasteiger partial charge on any atom is 0.257 e. The normalized spacial score (nSPS) is 23.8. The maximum absolute atomic E-state index is 14.0. The van der Waals surface area contributed by atoms with Crippen LogP contribution in [0.15, 0.2) is 24.5 Å². The van der Waals surface area contributed by atoms with E-state index in [-0.39, 0.29) is 17.2 Å². The van der Waals surface area contributed by atoms with Crippen molar-refractivity contribution in [1.82, 2.24) is 10.2 Å². The van der Waals surface area contributed by atoms with Gasteiger partial charge in [-0.05, 0) is 56.1 Å². The number of aliphatic hydroxyl groups is 1. The molecular formula is C20H27FN2O3. The number of nitrogens with one attached hydrogen (secondary N) is 1. The fraction of sp³-hybridized carbons (Fsp3) is 0.550. The minimum absolute atomic E-state index is 0.0285. The van der Waals surface area contributed by atoms with Crippen molar-refractivity contribution in [2.24, 2.45) is 11.8 Å². The molecule has 1 amide bonds. The van der Waals surface area contributed by atoms with Gasteiger partial charge in [0.1, 0.15) is 0 Å². The van der Waals surface area contributed by atoms with Crippen molar-refractivity contribution in [3.8, 4) is 5.75 Å². The summed E-state index contributed by atoms with van der Waals surface area (Å²) in [6.07, 6.45) is 4.21. The SMILES string of the molecule is C=C(O)CNC(C)C1CCC(CN2Cc3ccc(O)c(F)c3C2=O)CC1. The molecule has 1 saturated carbocycles. The molecule has 1 aliphatic heterocycles. The van der Waals surface area contributed by atoms with Crippen LogP contribution in [-0.4, -0.2) is 40.2 Å². The first-order valence-electron chi connectivity index (χ1n) is 9.26. The molecule has 3 rings (SSSR count). The minimum atomic E-state index is -0.802. The van der Waals surface area contributed by atoms with Gasteiger partial charge >= 0.3 is 0 Å². The summed E-state index contributed by atoms with van der Waals surface area (Å²) in [5.74, 6) is -0.467. The summed E-state index contributed by atoms with van der Waals surface area (Å²) >= 11 is 0. The summed E-state index contributed by atoms with van der Waals surface area (Å²) in [7, 11) is 0. The van der Waals surface area contributed by atoms with Crippen LogP contribution in [0.1, 0.15) is 48.5 Å². The summed E-state index contributed by atoms with van der Waals surface area (Å²) in [6.45, 7) is 7.09. The lowest BCUT2D eigenvalue weighted by Crippen LogP contribution is -2.38. The third-order valence-electron chi connectivity index (χ3n) is 5.78. The van der Waals surface area contributed by atoms with Crippen LogP contribution in [0.5, 0.6) is 5.75 Å². The number of aromatic hydroxyl groups is 1. The molecule has 1 aliphatic carbocycles. The molecule has 6 heteroatoms. The third-order valence-corrected chi connectivity index (χ3v) is 5.78. The van der Waals surface area contributed by atoms with E-state index in [2.05, 4.69) is 18.8 Å². The van der Waals surface area contributed by atoms with E-state index in [1.54, 1.807) is 11.0 Å². The van der Waals surface area contributed by atoms with Crippen LogP contribution in [0.25, 0.3) is 0 Å². The van der Waals surface area contributed by atoms with Crippen LogP contribution in [-0.2, 0) is 6.54 Å². The predicted molar refractivity (Wildman–Crippen MR) is 97.5 cm³/mol. The number of fused-ring (bicyclic) bond motifs is 1. The molecule has 1 heterocycles. The van der Waals surface area contributed by atoms with Gasteiger partial charge in [-0.2, -0.15) is 0 Å². The molecule has 1 fully saturated rings. The fourth-order valence-electron chi connectivity index (χ4n) is 4.18. The molecule has 5 nitrogen and oxygen atoms in total. The molecular weight excluding hydrogens is 335 g/mol. The molecule has 0 saturated heterocycles. The number of amides is 1. The highest BCUT2D eigenvalue weighted by Gasteiger charge is 2.34. The van der Waals surface area contributed by atoms with Gasteiger partial charge in [0.15, 0.2) is 11.6 Å². The number of hydrogen-bond donors (Lipinski definition) is 3. The first-order valence-corrected chi connectivity index (χ1v) is 9.26. The van der Waals surface area contributed by atoms with Gasteiger partial charge in [0.05, 0.1) is 17.9 Å². The fourth-order valence-corrected chi connectivity index (χ4v) is 4.18. The van der Waals surface area contributed by atoms with Crippen LogP contribution < -0.4 is 5.32 Å². The van der Waals surface area contributed by atoms with Crippen molar-refractivity contribution in [3.05, 3.63) is 41.4 Å². The Labute approximate surface area is 153 Å². The highest BCUT2D eigenvalue weighted by Crippen LogP contribution is 2.35. The Morgan fingerprint density at radius 3 is 2.73 bits per heavy atom. The van der Waals surface area contributed by atoms with Crippen molar-refractivity contribution in [3.63, 3.8) is 0 Å². The average molecular weight is 362 g/mol. The molecule has 0 aromatic heterocycles. The van der Waals surface area contributed by atoms with Gasteiger partial charge < -0.3 is 20.4 Å². The third kappa shape index (κ3) is 3.85. The molecule has 2 aliphatic rings. The number of rotatable bonds is 6. The molecule has 1 atom stereocenters. The summed E-state index contributed by atoms with van der Waals surface area (Å²) < 4.78 is 14.0. The number of carbonyl (C=O) groups excluding carboxylic acids is 1. The van der Waals surface area contributed by atoms with E-state index < -0.39 is 11.6 Å². The van der Waals surface area contributed by atoms with Gasteiger partial charge in [0.25, 0.3) is 5.91 Å². The van der Waals surface area contributed by atoms with E-state index in [0.29, 0.717) is 43.1 Å². The first-order chi connectivity index (χ1) is 12.4. The van der Waals surface area contributed by atoms with Crippen molar-refractivity contribution in [2.75, 3.05) is 13.1 Å². The lowest BCUT2D eigenvalue weighted by atomic mass is 9.78. The predicted octanol–water partition coefficient (Wildman–Crippen LogP) is 3.34. The zero-order chi connectivity index (χ0) is 18.8. The van der Waals surface area contributed by atoms with Gasteiger partial charge in [-0.25, -0.2) is 4.39 Å². The zero-order valence-corrected chi connectivity index (χ0v) is 15.2. The first kappa shape index (κ1) is 18.7. The smallest absolute Gasteiger partial charge is 0.257 e. The number of carbonyl (C=O) groups is 1. The van der Waals surface area contributed by atoms with Crippen LogP contribution in [0.4, 0.5) is 4.39 Å². The summed E-state index contributed by atoms with van der Waals surface area (Å²) in [4.78, 5) is 14.2. The van der Waals surface area contributed by atoms with Crippen LogP contribution in [0, 0.1) is 17.7 Å². The Hall–Kier alpha value is -2.08. The molecule has 1 aromatic rings. The van der Waals surface area contributed by atoms with E-state index in [1.807, 2.05) is 0 Å². The molecule has 0 radical (unpaired) electrons. The van der Waals surface area contributed by atoms with Crippen LogP contribution in [0.2, 0.25) is 0 Å². The van der Waals surface area contributed by atoms with Crippen molar-refractivity contribution in [1.29, 1.82) is 0 Å². The topological polar surface area (TPSA) is 72.8 Å². The van der Waals surface area contributed by atoms with Crippen LogP contribution >= 0.6 is 0 Å². The largest absolute Gasteiger partial charge is 0.512 e. The van der Waals surface area contributed by atoms with E-state index in [9.17, 15) is 19.4 Å². The van der Waals surface area contributed by atoms with Gasteiger partial charge in [0, 0.05) is 19.1 Å². The second-order valence-corrected chi connectivity index (χ2v) is 7.64. The molecule has 1 unspecified atom stereocenters. The highest BCUT2D eigenvalue weighted by atomic mass is 19.1. The lowest BCUT2D eigenvalue weighted by Gasteiger charge is -2.34.